The standard InChI is InChI=1S/C22H23FN4O3/c1-14-18(15(2)27(26-14)16-7-6-8-17(13-16)30-3)11-12-21(28)24-25-22(29)19-9-4-5-10-20(19)23/h4-10,13H,11-12H2,1-3H3,(H,24,28)(H,25,29). The molecule has 1 aromatic heterocycles. The van der Waals surface area contributed by atoms with Gasteiger partial charge in [-0.25, -0.2) is 9.07 Å². The number of carbonyl (C=O) groups is 2. The summed E-state index contributed by atoms with van der Waals surface area (Å²) in [5.41, 5.74) is 7.98. The van der Waals surface area contributed by atoms with E-state index in [1.165, 1.54) is 18.2 Å². The van der Waals surface area contributed by atoms with E-state index in [-0.39, 0.29) is 17.9 Å². The van der Waals surface area contributed by atoms with Gasteiger partial charge in [0.1, 0.15) is 11.6 Å². The first-order chi connectivity index (χ1) is 14.4. The van der Waals surface area contributed by atoms with Crippen LogP contribution in [0.15, 0.2) is 48.5 Å². The molecular weight excluding hydrogens is 387 g/mol. The molecule has 30 heavy (non-hydrogen) atoms. The summed E-state index contributed by atoms with van der Waals surface area (Å²) in [6, 6.07) is 13.1. The zero-order valence-electron chi connectivity index (χ0n) is 17.0. The first-order valence-corrected chi connectivity index (χ1v) is 9.44. The second-order valence-electron chi connectivity index (χ2n) is 6.74. The maximum absolute atomic E-state index is 13.6. The molecule has 0 atom stereocenters. The van der Waals surface area contributed by atoms with Crippen molar-refractivity contribution in [1.29, 1.82) is 0 Å². The number of amides is 2. The van der Waals surface area contributed by atoms with Crippen molar-refractivity contribution in [2.45, 2.75) is 26.7 Å². The van der Waals surface area contributed by atoms with Gasteiger partial charge in [-0.15, -0.1) is 0 Å². The minimum Gasteiger partial charge on any atom is -0.497 e. The number of aryl methyl sites for hydroxylation is 1. The predicted octanol–water partition coefficient (Wildman–Crippen LogP) is 3.03. The Labute approximate surface area is 173 Å². The normalized spacial score (nSPS) is 10.5. The van der Waals surface area contributed by atoms with E-state index in [4.69, 9.17) is 4.74 Å². The maximum atomic E-state index is 13.6. The van der Waals surface area contributed by atoms with Gasteiger partial charge in [0, 0.05) is 18.2 Å². The number of nitrogens with zero attached hydrogens (tertiary/aromatic N) is 2. The van der Waals surface area contributed by atoms with Crippen LogP contribution in [-0.4, -0.2) is 28.7 Å². The number of benzene rings is 2. The topological polar surface area (TPSA) is 85.2 Å². The number of halogens is 1. The molecule has 0 saturated heterocycles. The van der Waals surface area contributed by atoms with Gasteiger partial charge in [-0.05, 0) is 50.1 Å². The van der Waals surface area contributed by atoms with Gasteiger partial charge in [0.05, 0.1) is 24.1 Å². The summed E-state index contributed by atoms with van der Waals surface area (Å²) in [6.07, 6.45) is 0.589. The van der Waals surface area contributed by atoms with Crippen molar-refractivity contribution in [2.24, 2.45) is 0 Å². The van der Waals surface area contributed by atoms with Crippen LogP contribution in [0.4, 0.5) is 4.39 Å². The van der Waals surface area contributed by atoms with E-state index in [1.54, 1.807) is 13.2 Å². The van der Waals surface area contributed by atoms with Crippen LogP contribution in [0.3, 0.4) is 0 Å². The van der Waals surface area contributed by atoms with Gasteiger partial charge < -0.3 is 4.74 Å². The number of aromatic nitrogens is 2. The fraction of sp³-hybridized carbons (Fsp3) is 0.227. The Morgan fingerprint density at radius 2 is 1.87 bits per heavy atom. The molecule has 1 heterocycles. The van der Waals surface area contributed by atoms with Crippen LogP contribution in [0.5, 0.6) is 5.75 Å². The largest absolute Gasteiger partial charge is 0.497 e. The number of carbonyl (C=O) groups excluding carboxylic acids is 2. The number of hydrazine groups is 1. The lowest BCUT2D eigenvalue weighted by Gasteiger charge is -2.09. The molecule has 0 fully saturated rings. The third kappa shape index (κ3) is 4.65. The van der Waals surface area contributed by atoms with Crippen LogP contribution < -0.4 is 15.6 Å². The smallest absolute Gasteiger partial charge is 0.272 e. The number of hydrogen-bond donors (Lipinski definition) is 2. The molecular formula is C22H23FN4O3. The lowest BCUT2D eigenvalue weighted by molar-refractivity contribution is -0.121. The van der Waals surface area contributed by atoms with Crippen molar-refractivity contribution in [3.8, 4) is 11.4 Å². The Hall–Kier alpha value is -3.68. The Morgan fingerprint density at radius 1 is 1.10 bits per heavy atom. The summed E-state index contributed by atoms with van der Waals surface area (Å²) in [5, 5.41) is 4.58. The van der Waals surface area contributed by atoms with Gasteiger partial charge in [0.15, 0.2) is 0 Å². The first-order valence-electron chi connectivity index (χ1n) is 9.44. The molecule has 0 spiro atoms. The molecule has 0 aliphatic rings. The van der Waals surface area contributed by atoms with Crippen LogP contribution in [0, 0.1) is 19.7 Å². The zero-order chi connectivity index (χ0) is 21.7. The summed E-state index contributed by atoms with van der Waals surface area (Å²) in [6.45, 7) is 3.82. The second-order valence-corrected chi connectivity index (χ2v) is 6.74. The molecule has 0 bridgehead atoms. The molecule has 0 unspecified atom stereocenters. The van der Waals surface area contributed by atoms with Gasteiger partial charge in [0.2, 0.25) is 5.91 Å². The zero-order valence-corrected chi connectivity index (χ0v) is 17.0. The molecule has 156 valence electrons. The highest BCUT2D eigenvalue weighted by atomic mass is 19.1. The lowest BCUT2D eigenvalue weighted by atomic mass is 10.1. The molecule has 2 amide bonds. The summed E-state index contributed by atoms with van der Waals surface area (Å²) in [4.78, 5) is 24.1. The van der Waals surface area contributed by atoms with Crippen LogP contribution in [0.1, 0.15) is 33.7 Å². The Balaban J connectivity index is 1.62. The van der Waals surface area contributed by atoms with Crippen molar-refractivity contribution in [3.63, 3.8) is 0 Å². The number of ether oxygens (including phenoxy) is 1. The minimum absolute atomic E-state index is 0.135. The Kier molecular flexibility index (Phi) is 6.46. The number of nitrogens with one attached hydrogen (secondary N) is 2. The van der Waals surface area contributed by atoms with E-state index in [1.807, 2.05) is 42.8 Å². The van der Waals surface area contributed by atoms with Crippen molar-refractivity contribution < 1.29 is 18.7 Å². The molecule has 0 aliphatic carbocycles. The summed E-state index contributed by atoms with van der Waals surface area (Å²) in [5.74, 6) is -1.01. The highest BCUT2D eigenvalue weighted by Crippen LogP contribution is 2.22. The van der Waals surface area contributed by atoms with Gasteiger partial charge in [-0.2, -0.15) is 5.10 Å². The fourth-order valence-corrected chi connectivity index (χ4v) is 3.17. The number of hydrogen-bond acceptors (Lipinski definition) is 4. The van der Waals surface area contributed by atoms with Crippen LogP contribution in [0.25, 0.3) is 5.69 Å². The van der Waals surface area contributed by atoms with Crippen molar-refractivity contribution in [1.82, 2.24) is 20.6 Å². The number of rotatable bonds is 6. The summed E-state index contributed by atoms with van der Waals surface area (Å²) < 4.78 is 20.7. The van der Waals surface area contributed by atoms with Gasteiger partial charge in [0.25, 0.3) is 5.91 Å². The predicted molar refractivity (Wildman–Crippen MR) is 110 cm³/mol. The van der Waals surface area contributed by atoms with Crippen molar-refractivity contribution in [2.75, 3.05) is 7.11 Å². The highest BCUT2D eigenvalue weighted by Gasteiger charge is 2.16. The fourth-order valence-electron chi connectivity index (χ4n) is 3.17. The Morgan fingerprint density at radius 3 is 2.60 bits per heavy atom. The van der Waals surface area contributed by atoms with Gasteiger partial charge in [-0.3, -0.25) is 20.4 Å². The van der Waals surface area contributed by atoms with Crippen LogP contribution >= 0.6 is 0 Å². The van der Waals surface area contributed by atoms with Gasteiger partial charge >= 0.3 is 0 Å². The van der Waals surface area contributed by atoms with E-state index < -0.39 is 11.7 Å². The highest BCUT2D eigenvalue weighted by molar-refractivity contribution is 5.95. The molecule has 0 aliphatic heterocycles. The molecule has 0 radical (unpaired) electrons. The third-order valence-electron chi connectivity index (χ3n) is 4.78. The SMILES string of the molecule is COc1cccc(-n2nc(C)c(CCC(=O)NNC(=O)c3ccccc3F)c2C)c1. The molecule has 7 nitrogen and oxygen atoms in total. The second kappa shape index (κ2) is 9.21. The quantitative estimate of drug-likeness (QED) is 0.612. The lowest BCUT2D eigenvalue weighted by Crippen LogP contribution is -2.42. The third-order valence-corrected chi connectivity index (χ3v) is 4.78. The average molecular weight is 410 g/mol. The van der Waals surface area contributed by atoms with Crippen molar-refractivity contribution >= 4 is 11.8 Å². The van der Waals surface area contributed by atoms with E-state index in [0.717, 1.165) is 28.4 Å². The molecule has 2 aromatic carbocycles. The van der Waals surface area contributed by atoms with E-state index in [9.17, 15) is 14.0 Å². The van der Waals surface area contributed by atoms with E-state index in [2.05, 4.69) is 16.0 Å². The molecule has 8 heteroatoms. The molecule has 3 aromatic rings. The molecule has 2 N–H and O–H groups in total. The molecule has 3 rings (SSSR count). The first kappa shape index (κ1) is 21.0. The van der Waals surface area contributed by atoms with E-state index >= 15 is 0 Å². The number of methoxy groups -OCH3 is 1. The summed E-state index contributed by atoms with van der Waals surface area (Å²) in [7, 11) is 1.61. The molecule has 0 saturated carbocycles. The monoisotopic (exact) mass is 410 g/mol. The van der Waals surface area contributed by atoms with Gasteiger partial charge in [-0.1, -0.05) is 18.2 Å². The Bertz CT molecular complexity index is 1080. The maximum Gasteiger partial charge on any atom is 0.272 e. The van der Waals surface area contributed by atoms with Crippen LogP contribution in [-0.2, 0) is 11.2 Å². The summed E-state index contributed by atoms with van der Waals surface area (Å²) >= 11 is 0. The average Bonchev–Trinajstić information content (AvgIpc) is 3.04. The minimum atomic E-state index is -0.709. The van der Waals surface area contributed by atoms with Crippen molar-refractivity contribution in [3.05, 3.63) is 76.9 Å². The van der Waals surface area contributed by atoms with E-state index in [0.29, 0.717) is 6.42 Å². The van der Waals surface area contributed by atoms with Crippen LogP contribution in [0.2, 0.25) is 0 Å².